The summed E-state index contributed by atoms with van der Waals surface area (Å²) >= 11 is 0. The summed E-state index contributed by atoms with van der Waals surface area (Å²) in [4.78, 5) is 0. The lowest BCUT2D eigenvalue weighted by molar-refractivity contribution is -0.0608. The summed E-state index contributed by atoms with van der Waals surface area (Å²) in [6, 6.07) is 0. The van der Waals surface area contributed by atoms with Crippen LogP contribution in [0, 0.1) is 17.8 Å². The molecule has 3 atom stereocenters. The molecule has 0 aliphatic carbocycles. The Labute approximate surface area is 105 Å². The second kappa shape index (κ2) is 6.72. The fraction of sp³-hybridized carbons (Fsp3) is 1.00. The van der Waals surface area contributed by atoms with Crippen LogP contribution in [0.4, 0.5) is 0 Å². The van der Waals surface area contributed by atoms with Gasteiger partial charge in [0.05, 0.1) is 12.7 Å². The van der Waals surface area contributed by atoms with Crippen molar-refractivity contribution in [3.8, 4) is 0 Å². The van der Waals surface area contributed by atoms with Crippen molar-refractivity contribution < 1.29 is 9.47 Å². The van der Waals surface area contributed by atoms with Crippen molar-refractivity contribution in [2.24, 2.45) is 17.8 Å². The van der Waals surface area contributed by atoms with Crippen molar-refractivity contribution in [1.82, 2.24) is 5.32 Å². The average molecular weight is 241 g/mol. The van der Waals surface area contributed by atoms with E-state index in [0.717, 1.165) is 38.8 Å². The molecule has 0 spiro atoms. The van der Waals surface area contributed by atoms with Crippen molar-refractivity contribution in [2.75, 3.05) is 32.9 Å². The number of hydrogen-bond donors (Lipinski definition) is 1. The Balaban J connectivity index is 1.79. The summed E-state index contributed by atoms with van der Waals surface area (Å²) in [5, 5.41) is 3.59. The molecule has 17 heavy (non-hydrogen) atoms. The van der Waals surface area contributed by atoms with Gasteiger partial charge in [0.15, 0.2) is 0 Å². The van der Waals surface area contributed by atoms with Crippen LogP contribution in [0.25, 0.3) is 0 Å². The molecule has 0 aromatic carbocycles. The molecule has 0 saturated carbocycles. The second-order valence-corrected chi connectivity index (χ2v) is 5.91. The Morgan fingerprint density at radius 1 is 1.24 bits per heavy atom. The van der Waals surface area contributed by atoms with Crippen LogP contribution in [0.3, 0.4) is 0 Å². The smallest absolute Gasteiger partial charge is 0.0666 e. The molecule has 3 nitrogen and oxygen atoms in total. The summed E-state index contributed by atoms with van der Waals surface area (Å²) in [6.07, 6.45) is 4.15. The Hall–Kier alpha value is -0.120. The predicted molar refractivity (Wildman–Crippen MR) is 69.1 cm³/mol. The zero-order chi connectivity index (χ0) is 12.1. The van der Waals surface area contributed by atoms with Gasteiger partial charge in [-0.1, -0.05) is 13.8 Å². The summed E-state index contributed by atoms with van der Waals surface area (Å²) in [5.74, 6) is 2.06. The standard InChI is InChI=1S/C14H27NO2/c1-11(2)8-15-9-12-4-3-6-17-14(12)13-5-7-16-10-13/h11-15H,3-10H2,1-2H3. The van der Waals surface area contributed by atoms with Gasteiger partial charge in [0.25, 0.3) is 0 Å². The SMILES string of the molecule is CC(C)CNCC1CCCOC1C1CCOC1. The molecule has 2 aliphatic rings. The maximum Gasteiger partial charge on any atom is 0.0666 e. The monoisotopic (exact) mass is 241 g/mol. The lowest BCUT2D eigenvalue weighted by Crippen LogP contribution is -2.42. The molecule has 3 heteroatoms. The van der Waals surface area contributed by atoms with Crippen LogP contribution >= 0.6 is 0 Å². The first kappa shape index (κ1) is 13.3. The minimum Gasteiger partial charge on any atom is -0.381 e. The van der Waals surface area contributed by atoms with Crippen LogP contribution in [0.15, 0.2) is 0 Å². The Morgan fingerprint density at radius 2 is 2.12 bits per heavy atom. The predicted octanol–water partition coefficient (Wildman–Crippen LogP) is 2.06. The number of ether oxygens (including phenoxy) is 2. The van der Waals surface area contributed by atoms with Crippen LogP contribution in [0.1, 0.15) is 33.1 Å². The fourth-order valence-corrected chi connectivity index (χ4v) is 2.97. The molecule has 0 bridgehead atoms. The van der Waals surface area contributed by atoms with Gasteiger partial charge in [-0.3, -0.25) is 0 Å². The van der Waals surface area contributed by atoms with E-state index in [1.807, 2.05) is 0 Å². The van der Waals surface area contributed by atoms with Crippen molar-refractivity contribution in [3.05, 3.63) is 0 Å². The summed E-state index contributed by atoms with van der Waals surface area (Å²) in [6.45, 7) is 9.52. The molecule has 0 radical (unpaired) electrons. The van der Waals surface area contributed by atoms with Crippen LogP contribution in [0.5, 0.6) is 0 Å². The first-order chi connectivity index (χ1) is 8.27. The molecule has 0 amide bonds. The van der Waals surface area contributed by atoms with Gasteiger partial charge in [-0.25, -0.2) is 0 Å². The fourth-order valence-electron chi connectivity index (χ4n) is 2.97. The third kappa shape index (κ3) is 3.94. The van der Waals surface area contributed by atoms with E-state index in [2.05, 4.69) is 19.2 Å². The number of hydrogen-bond acceptors (Lipinski definition) is 3. The molecule has 2 saturated heterocycles. The first-order valence-electron chi connectivity index (χ1n) is 7.17. The van der Waals surface area contributed by atoms with E-state index in [4.69, 9.17) is 9.47 Å². The zero-order valence-electron chi connectivity index (χ0n) is 11.3. The highest BCUT2D eigenvalue weighted by Crippen LogP contribution is 2.30. The van der Waals surface area contributed by atoms with Crippen molar-refractivity contribution in [2.45, 2.75) is 39.2 Å². The van der Waals surface area contributed by atoms with Crippen LogP contribution in [-0.2, 0) is 9.47 Å². The molecule has 2 fully saturated rings. The van der Waals surface area contributed by atoms with Crippen LogP contribution < -0.4 is 5.32 Å². The largest absolute Gasteiger partial charge is 0.381 e. The summed E-state index contributed by atoms with van der Waals surface area (Å²) in [7, 11) is 0. The van der Waals surface area contributed by atoms with Crippen LogP contribution in [-0.4, -0.2) is 39.0 Å². The van der Waals surface area contributed by atoms with Gasteiger partial charge in [-0.05, 0) is 37.6 Å². The van der Waals surface area contributed by atoms with E-state index in [1.54, 1.807) is 0 Å². The molecule has 2 heterocycles. The van der Waals surface area contributed by atoms with Crippen molar-refractivity contribution in [3.63, 3.8) is 0 Å². The minimum absolute atomic E-state index is 0.436. The second-order valence-electron chi connectivity index (χ2n) is 5.91. The zero-order valence-corrected chi connectivity index (χ0v) is 11.3. The number of rotatable bonds is 5. The lowest BCUT2D eigenvalue weighted by Gasteiger charge is -2.35. The number of nitrogens with one attached hydrogen (secondary N) is 1. The van der Waals surface area contributed by atoms with E-state index >= 15 is 0 Å². The van der Waals surface area contributed by atoms with E-state index in [9.17, 15) is 0 Å². The van der Waals surface area contributed by atoms with Gasteiger partial charge in [-0.2, -0.15) is 0 Å². The Kier molecular flexibility index (Phi) is 5.26. The minimum atomic E-state index is 0.436. The quantitative estimate of drug-likeness (QED) is 0.799. The molecule has 2 rings (SSSR count). The van der Waals surface area contributed by atoms with Gasteiger partial charge >= 0.3 is 0 Å². The van der Waals surface area contributed by atoms with Crippen molar-refractivity contribution >= 4 is 0 Å². The Morgan fingerprint density at radius 3 is 2.82 bits per heavy atom. The maximum atomic E-state index is 6.01. The molecule has 0 aromatic heterocycles. The molecule has 0 aromatic rings. The summed E-state index contributed by atoms with van der Waals surface area (Å²) in [5.41, 5.74) is 0. The highest BCUT2D eigenvalue weighted by molar-refractivity contribution is 4.84. The van der Waals surface area contributed by atoms with Gasteiger partial charge in [0.1, 0.15) is 0 Å². The molecular formula is C14H27NO2. The topological polar surface area (TPSA) is 30.5 Å². The average Bonchev–Trinajstić information content (AvgIpc) is 2.82. The van der Waals surface area contributed by atoms with Gasteiger partial charge in [0, 0.05) is 25.7 Å². The van der Waals surface area contributed by atoms with E-state index < -0.39 is 0 Å². The Bertz CT molecular complexity index is 214. The first-order valence-corrected chi connectivity index (χ1v) is 7.17. The third-order valence-corrected chi connectivity index (χ3v) is 3.88. The van der Waals surface area contributed by atoms with Crippen molar-refractivity contribution in [1.29, 1.82) is 0 Å². The van der Waals surface area contributed by atoms with Crippen LogP contribution in [0.2, 0.25) is 0 Å². The van der Waals surface area contributed by atoms with Gasteiger partial charge < -0.3 is 14.8 Å². The van der Waals surface area contributed by atoms with E-state index in [-0.39, 0.29) is 0 Å². The third-order valence-electron chi connectivity index (χ3n) is 3.88. The highest BCUT2D eigenvalue weighted by atomic mass is 16.5. The lowest BCUT2D eigenvalue weighted by atomic mass is 9.85. The highest BCUT2D eigenvalue weighted by Gasteiger charge is 2.34. The molecule has 2 aliphatic heterocycles. The van der Waals surface area contributed by atoms with E-state index in [0.29, 0.717) is 17.9 Å². The van der Waals surface area contributed by atoms with Gasteiger partial charge in [-0.15, -0.1) is 0 Å². The molecule has 1 N–H and O–H groups in total. The normalized spacial score (nSPS) is 34.4. The molecule has 3 unspecified atom stereocenters. The molecule has 100 valence electrons. The summed E-state index contributed by atoms with van der Waals surface area (Å²) < 4.78 is 11.5. The molecular weight excluding hydrogens is 214 g/mol. The van der Waals surface area contributed by atoms with Gasteiger partial charge in [0.2, 0.25) is 0 Å². The maximum absolute atomic E-state index is 6.01. The van der Waals surface area contributed by atoms with E-state index in [1.165, 1.54) is 19.3 Å².